The van der Waals surface area contributed by atoms with Gasteiger partial charge in [0.2, 0.25) is 0 Å². The molecule has 4 heteroatoms. The Morgan fingerprint density at radius 3 is 3.00 bits per heavy atom. The lowest BCUT2D eigenvalue weighted by atomic mass is 10.6. The molecule has 0 fully saturated rings. The molecule has 58 valence electrons. The molecule has 0 unspecified atom stereocenters. The van der Waals surface area contributed by atoms with Crippen LogP contribution in [-0.4, -0.2) is 15.8 Å². The average Bonchev–Trinajstić information content (AvgIpc) is 2.32. The molecule has 11 heavy (non-hydrogen) atoms. The summed E-state index contributed by atoms with van der Waals surface area (Å²) in [7, 11) is 0. The van der Waals surface area contributed by atoms with Crippen LogP contribution in [0.15, 0.2) is 17.3 Å². The molecule has 0 aliphatic carbocycles. The van der Waals surface area contributed by atoms with E-state index >= 15 is 0 Å². The maximum Gasteiger partial charge on any atom is 0.155 e. The molecular weight excluding hydrogens is 158 g/mol. The predicted octanol–water partition coefficient (Wildman–Crippen LogP) is 1.66. The number of hydrogen-bond donors (Lipinski definition) is 2. The van der Waals surface area contributed by atoms with Crippen molar-refractivity contribution < 1.29 is 0 Å². The van der Waals surface area contributed by atoms with Crippen LogP contribution in [0.5, 0.6) is 0 Å². The van der Waals surface area contributed by atoms with E-state index in [0.29, 0.717) is 10.9 Å². The zero-order valence-electron chi connectivity index (χ0n) is 6.15. The van der Waals surface area contributed by atoms with Crippen molar-refractivity contribution in [1.82, 2.24) is 9.55 Å². The largest absolute Gasteiger partial charge is 0.305 e. The van der Waals surface area contributed by atoms with E-state index in [-0.39, 0.29) is 0 Å². The second-order valence-corrected chi connectivity index (χ2v) is 2.45. The Kier molecular flexibility index (Phi) is 2.48. The summed E-state index contributed by atoms with van der Waals surface area (Å²) in [5, 5.41) is 7.63. The summed E-state index contributed by atoms with van der Waals surface area (Å²) in [6.07, 6.45) is 6.65. The third-order valence-electron chi connectivity index (χ3n) is 1.19. The topological polar surface area (TPSA) is 41.7 Å². The summed E-state index contributed by atoms with van der Waals surface area (Å²) in [4.78, 5) is 3.98. The van der Waals surface area contributed by atoms with Gasteiger partial charge in [0.1, 0.15) is 5.03 Å². The highest BCUT2D eigenvalue weighted by atomic mass is 32.1. The van der Waals surface area contributed by atoms with Crippen molar-refractivity contribution >= 4 is 25.0 Å². The minimum absolute atomic E-state index is 0.591. The number of imidazole rings is 1. The van der Waals surface area contributed by atoms with Crippen LogP contribution in [0.25, 0.3) is 6.20 Å². The van der Waals surface area contributed by atoms with Gasteiger partial charge in [-0.3, -0.25) is 0 Å². The fraction of sp³-hybridized carbons (Fsp3) is 0.143. The standard InChI is InChI=1S/C7H9N3S/c1-2-3-10-5-7(11)9-6(10)4-8/h2-5,8,11H,1H3/b3-2-,8-4?. The first kappa shape index (κ1) is 8.07. The third-order valence-corrected chi connectivity index (χ3v) is 1.40. The van der Waals surface area contributed by atoms with Gasteiger partial charge < -0.3 is 9.98 Å². The minimum atomic E-state index is 0.591. The fourth-order valence-electron chi connectivity index (χ4n) is 0.781. The van der Waals surface area contributed by atoms with E-state index < -0.39 is 0 Å². The maximum absolute atomic E-state index is 7.00. The van der Waals surface area contributed by atoms with Crippen molar-refractivity contribution in [3.05, 3.63) is 18.1 Å². The molecule has 0 saturated carbocycles. The van der Waals surface area contributed by atoms with Crippen LogP contribution in [0.3, 0.4) is 0 Å². The summed E-state index contributed by atoms with van der Waals surface area (Å²) < 4.78 is 1.75. The summed E-state index contributed by atoms with van der Waals surface area (Å²) in [6.45, 7) is 1.91. The smallest absolute Gasteiger partial charge is 0.155 e. The first-order valence-corrected chi connectivity index (χ1v) is 3.63. The summed E-state index contributed by atoms with van der Waals surface area (Å²) in [6, 6.07) is 0. The SMILES string of the molecule is C/C=C\n1cc(S)nc1C=N. The van der Waals surface area contributed by atoms with Gasteiger partial charge in [-0.25, -0.2) is 4.98 Å². The Hall–Kier alpha value is -1.03. The number of allylic oxidation sites excluding steroid dienone is 1. The first-order valence-electron chi connectivity index (χ1n) is 3.19. The van der Waals surface area contributed by atoms with Crippen LogP contribution in [0.1, 0.15) is 12.7 Å². The number of rotatable bonds is 2. The van der Waals surface area contributed by atoms with Crippen molar-refractivity contribution in [2.45, 2.75) is 11.9 Å². The summed E-state index contributed by atoms with van der Waals surface area (Å²) >= 11 is 4.05. The molecule has 1 aromatic rings. The lowest BCUT2D eigenvalue weighted by Crippen LogP contribution is -1.91. The summed E-state index contributed by atoms with van der Waals surface area (Å²) in [5.41, 5.74) is 0. The highest BCUT2D eigenvalue weighted by molar-refractivity contribution is 7.80. The molecule has 0 aliphatic heterocycles. The zero-order valence-corrected chi connectivity index (χ0v) is 7.05. The molecule has 0 bridgehead atoms. The van der Waals surface area contributed by atoms with Gasteiger partial charge in [0.15, 0.2) is 5.82 Å². The van der Waals surface area contributed by atoms with Crippen LogP contribution in [-0.2, 0) is 0 Å². The second kappa shape index (κ2) is 3.39. The molecule has 1 heterocycles. The fourth-order valence-corrected chi connectivity index (χ4v) is 1.01. The van der Waals surface area contributed by atoms with Crippen LogP contribution in [0.2, 0.25) is 0 Å². The van der Waals surface area contributed by atoms with Crippen molar-refractivity contribution in [1.29, 1.82) is 5.41 Å². The molecular formula is C7H9N3S. The van der Waals surface area contributed by atoms with E-state index in [1.807, 2.05) is 19.2 Å². The minimum Gasteiger partial charge on any atom is -0.305 e. The van der Waals surface area contributed by atoms with Crippen LogP contribution < -0.4 is 0 Å². The van der Waals surface area contributed by atoms with Gasteiger partial charge in [0.25, 0.3) is 0 Å². The van der Waals surface area contributed by atoms with Crippen LogP contribution in [0, 0.1) is 5.41 Å². The van der Waals surface area contributed by atoms with Crippen molar-refractivity contribution in [3.63, 3.8) is 0 Å². The first-order chi connectivity index (χ1) is 5.27. The molecule has 0 saturated heterocycles. The summed E-state index contributed by atoms with van der Waals surface area (Å²) in [5.74, 6) is 0.591. The molecule has 1 N–H and O–H groups in total. The Morgan fingerprint density at radius 2 is 2.45 bits per heavy atom. The molecule has 1 rings (SSSR count). The van der Waals surface area contributed by atoms with Gasteiger partial charge in [0.05, 0.1) is 6.21 Å². The van der Waals surface area contributed by atoms with E-state index in [2.05, 4.69) is 17.6 Å². The molecule has 1 aromatic heterocycles. The Bertz CT molecular complexity index is 288. The lowest BCUT2D eigenvalue weighted by Gasteiger charge is -1.91. The highest BCUT2D eigenvalue weighted by Crippen LogP contribution is 2.05. The van der Waals surface area contributed by atoms with Gasteiger partial charge in [-0.2, -0.15) is 0 Å². The van der Waals surface area contributed by atoms with Gasteiger partial charge >= 0.3 is 0 Å². The predicted molar refractivity (Wildman–Crippen MR) is 48.4 cm³/mol. The molecule has 3 nitrogen and oxygen atoms in total. The zero-order chi connectivity index (χ0) is 8.27. The number of aromatic nitrogens is 2. The molecule has 0 aromatic carbocycles. The van der Waals surface area contributed by atoms with E-state index in [1.54, 1.807) is 10.8 Å². The van der Waals surface area contributed by atoms with Crippen molar-refractivity contribution in [2.75, 3.05) is 0 Å². The van der Waals surface area contributed by atoms with E-state index in [4.69, 9.17) is 5.41 Å². The average molecular weight is 167 g/mol. The number of nitrogens with zero attached hydrogens (tertiary/aromatic N) is 2. The molecule has 0 atom stereocenters. The van der Waals surface area contributed by atoms with Crippen LogP contribution in [0.4, 0.5) is 0 Å². The number of hydrogen-bond acceptors (Lipinski definition) is 3. The maximum atomic E-state index is 7.00. The Balaban J connectivity index is 3.11. The van der Waals surface area contributed by atoms with E-state index in [9.17, 15) is 0 Å². The van der Waals surface area contributed by atoms with Crippen molar-refractivity contribution in [3.8, 4) is 0 Å². The Morgan fingerprint density at radius 1 is 1.73 bits per heavy atom. The van der Waals surface area contributed by atoms with Crippen molar-refractivity contribution in [2.24, 2.45) is 0 Å². The number of nitrogens with one attached hydrogen (secondary N) is 1. The van der Waals surface area contributed by atoms with E-state index in [1.165, 1.54) is 6.21 Å². The number of thiol groups is 1. The molecule has 0 amide bonds. The van der Waals surface area contributed by atoms with Gasteiger partial charge in [-0.15, -0.1) is 12.6 Å². The Labute approximate surface area is 70.7 Å². The van der Waals surface area contributed by atoms with Crippen LogP contribution >= 0.6 is 12.6 Å². The van der Waals surface area contributed by atoms with Gasteiger partial charge in [-0.1, -0.05) is 6.08 Å². The van der Waals surface area contributed by atoms with E-state index in [0.717, 1.165) is 0 Å². The monoisotopic (exact) mass is 167 g/mol. The molecule has 0 radical (unpaired) electrons. The van der Waals surface area contributed by atoms with Gasteiger partial charge in [-0.05, 0) is 6.92 Å². The highest BCUT2D eigenvalue weighted by Gasteiger charge is 1.98. The molecule has 0 spiro atoms. The van der Waals surface area contributed by atoms with Gasteiger partial charge in [0, 0.05) is 12.4 Å². The second-order valence-electron chi connectivity index (χ2n) is 1.99. The lowest BCUT2D eigenvalue weighted by molar-refractivity contribution is 1.11. The third kappa shape index (κ3) is 1.71. The molecule has 0 aliphatic rings. The quantitative estimate of drug-likeness (QED) is 0.510. The normalized spacial score (nSPS) is 10.7.